The summed E-state index contributed by atoms with van der Waals surface area (Å²) in [4.78, 5) is 0. The average molecular weight is 265 g/mol. The van der Waals surface area contributed by atoms with Crippen LogP contribution in [0.15, 0.2) is 6.07 Å². The normalized spacial score (nSPS) is 11.8. The lowest BCUT2D eigenvalue weighted by Crippen LogP contribution is -2.06. The molecule has 90 valence electrons. The van der Waals surface area contributed by atoms with Crippen LogP contribution in [-0.2, 0) is 15.5 Å². The number of benzene rings is 1. The van der Waals surface area contributed by atoms with E-state index < -0.39 is 9.05 Å². The second-order valence-electron chi connectivity index (χ2n) is 3.92. The average Bonchev–Trinajstić information content (AvgIpc) is 2.12. The van der Waals surface area contributed by atoms with Gasteiger partial charge in [-0.2, -0.15) is 0 Å². The summed E-state index contributed by atoms with van der Waals surface area (Å²) in [7, 11) is 1.61. The molecule has 1 aromatic rings. The highest BCUT2D eigenvalue weighted by molar-refractivity contribution is 8.13. The predicted molar refractivity (Wildman–Crippen MR) is 64.0 cm³/mol. The van der Waals surface area contributed by atoms with Crippen LogP contribution in [0.25, 0.3) is 0 Å². The molecule has 0 heterocycles. The van der Waals surface area contributed by atoms with Crippen molar-refractivity contribution in [1.82, 2.24) is 0 Å². The molecule has 0 fully saturated rings. The van der Waals surface area contributed by atoms with Crippen LogP contribution in [0.1, 0.15) is 22.3 Å². The standard InChI is InChI=1S/C11H14ClFO2S/c1-7-6-8(2)11(13)9(3)10(7)4-5-16(12,14)15/h6H,4-5H2,1-3H3. The SMILES string of the molecule is Cc1cc(C)c(CCS(=O)(=O)Cl)c(C)c1F. The zero-order chi connectivity index (χ0) is 12.5. The van der Waals surface area contributed by atoms with Crippen LogP contribution in [0.5, 0.6) is 0 Å². The Morgan fingerprint density at radius 2 is 1.81 bits per heavy atom. The molecule has 0 saturated heterocycles. The molecule has 0 unspecified atom stereocenters. The van der Waals surface area contributed by atoms with Crippen LogP contribution in [0.4, 0.5) is 4.39 Å². The topological polar surface area (TPSA) is 34.1 Å². The van der Waals surface area contributed by atoms with Gasteiger partial charge < -0.3 is 0 Å². The molecule has 0 radical (unpaired) electrons. The minimum absolute atomic E-state index is 0.168. The van der Waals surface area contributed by atoms with E-state index in [-0.39, 0.29) is 18.0 Å². The molecule has 16 heavy (non-hydrogen) atoms. The minimum atomic E-state index is -3.53. The van der Waals surface area contributed by atoms with Gasteiger partial charge in [0, 0.05) is 10.7 Å². The molecule has 1 aromatic carbocycles. The number of aryl methyl sites for hydroxylation is 2. The van der Waals surface area contributed by atoms with Crippen molar-refractivity contribution in [2.75, 3.05) is 5.75 Å². The van der Waals surface area contributed by atoms with Gasteiger partial charge in [0.25, 0.3) is 0 Å². The van der Waals surface area contributed by atoms with E-state index in [9.17, 15) is 12.8 Å². The van der Waals surface area contributed by atoms with Crippen molar-refractivity contribution in [2.45, 2.75) is 27.2 Å². The minimum Gasteiger partial charge on any atom is -0.212 e. The molecule has 0 saturated carbocycles. The van der Waals surface area contributed by atoms with Gasteiger partial charge in [-0.25, -0.2) is 12.8 Å². The lowest BCUT2D eigenvalue weighted by atomic mass is 9.97. The van der Waals surface area contributed by atoms with E-state index in [0.717, 1.165) is 11.1 Å². The largest absolute Gasteiger partial charge is 0.232 e. The van der Waals surface area contributed by atoms with Crippen molar-refractivity contribution in [3.63, 3.8) is 0 Å². The summed E-state index contributed by atoms with van der Waals surface area (Å²) in [5.74, 6) is -0.439. The van der Waals surface area contributed by atoms with Gasteiger partial charge in [0.05, 0.1) is 5.75 Å². The second-order valence-corrected chi connectivity index (χ2v) is 6.82. The lowest BCUT2D eigenvalue weighted by Gasteiger charge is -2.12. The number of halogens is 2. The Kier molecular flexibility index (Phi) is 3.97. The first-order valence-electron chi connectivity index (χ1n) is 4.90. The molecule has 0 amide bonds. The van der Waals surface area contributed by atoms with Crippen LogP contribution in [0.3, 0.4) is 0 Å². The Morgan fingerprint density at radius 3 is 2.31 bits per heavy atom. The smallest absolute Gasteiger partial charge is 0.212 e. The van der Waals surface area contributed by atoms with Crippen LogP contribution in [0, 0.1) is 26.6 Å². The third-order valence-corrected chi connectivity index (χ3v) is 3.79. The van der Waals surface area contributed by atoms with Gasteiger partial charge in [0.15, 0.2) is 0 Å². The summed E-state index contributed by atoms with van der Waals surface area (Å²) >= 11 is 0. The third-order valence-electron chi connectivity index (χ3n) is 2.63. The number of rotatable bonds is 3. The first-order chi connectivity index (χ1) is 7.22. The van der Waals surface area contributed by atoms with Crippen molar-refractivity contribution < 1.29 is 12.8 Å². The fourth-order valence-electron chi connectivity index (χ4n) is 1.81. The first-order valence-corrected chi connectivity index (χ1v) is 7.37. The van der Waals surface area contributed by atoms with E-state index >= 15 is 0 Å². The zero-order valence-electron chi connectivity index (χ0n) is 9.47. The van der Waals surface area contributed by atoms with E-state index in [4.69, 9.17) is 10.7 Å². The third kappa shape index (κ3) is 3.19. The highest BCUT2D eigenvalue weighted by atomic mass is 35.7. The van der Waals surface area contributed by atoms with E-state index in [1.807, 2.05) is 6.92 Å². The molecule has 0 aliphatic carbocycles. The summed E-state index contributed by atoms with van der Waals surface area (Å²) in [5.41, 5.74) is 2.72. The molecular weight excluding hydrogens is 251 g/mol. The Hall–Kier alpha value is -0.610. The predicted octanol–water partition coefficient (Wildman–Crippen LogP) is 2.86. The van der Waals surface area contributed by atoms with Crippen LogP contribution < -0.4 is 0 Å². The molecule has 5 heteroatoms. The Bertz CT molecular complexity index is 509. The molecule has 0 aliphatic rings. The Morgan fingerprint density at radius 1 is 1.25 bits per heavy atom. The van der Waals surface area contributed by atoms with Gasteiger partial charge in [0.2, 0.25) is 9.05 Å². The second kappa shape index (κ2) is 4.72. The van der Waals surface area contributed by atoms with Gasteiger partial charge >= 0.3 is 0 Å². The highest BCUT2D eigenvalue weighted by Gasteiger charge is 2.13. The quantitative estimate of drug-likeness (QED) is 0.787. The first kappa shape index (κ1) is 13.5. The molecular formula is C11H14ClFO2S. The fourth-order valence-corrected chi connectivity index (χ4v) is 2.49. The van der Waals surface area contributed by atoms with Gasteiger partial charge in [-0.1, -0.05) is 6.07 Å². The van der Waals surface area contributed by atoms with Crippen molar-refractivity contribution in [3.05, 3.63) is 34.1 Å². The molecule has 0 atom stereocenters. The van der Waals surface area contributed by atoms with E-state index in [2.05, 4.69) is 0 Å². The fraction of sp³-hybridized carbons (Fsp3) is 0.455. The maximum Gasteiger partial charge on any atom is 0.232 e. The molecule has 0 bridgehead atoms. The maximum absolute atomic E-state index is 13.6. The number of hydrogen-bond acceptors (Lipinski definition) is 2. The van der Waals surface area contributed by atoms with Gasteiger partial charge in [-0.3, -0.25) is 0 Å². The molecule has 0 spiro atoms. The van der Waals surface area contributed by atoms with Crippen LogP contribution in [-0.4, -0.2) is 14.2 Å². The van der Waals surface area contributed by atoms with Gasteiger partial charge in [0.1, 0.15) is 5.82 Å². The Labute approximate surface area is 99.9 Å². The molecule has 2 nitrogen and oxygen atoms in total. The molecule has 0 aromatic heterocycles. The summed E-state index contributed by atoms with van der Waals surface area (Å²) in [6, 6.07) is 1.72. The van der Waals surface area contributed by atoms with E-state index in [1.54, 1.807) is 19.9 Å². The zero-order valence-corrected chi connectivity index (χ0v) is 11.0. The highest BCUT2D eigenvalue weighted by Crippen LogP contribution is 2.21. The maximum atomic E-state index is 13.6. The van der Waals surface area contributed by atoms with Gasteiger partial charge in [-0.15, -0.1) is 0 Å². The van der Waals surface area contributed by atoms with E-state index in [1.165, 1.54) is 0 Å². The summed E-state index contributed by atoms with van der Waals surface area (Å²) < 4.78 is 35.3. The van der Waals surface area contributed by atoms with E-state index in [0.29, 0.717) is 11.1 Å². The van der Waals surface area contributed by atoms with Crippen molar-refractivity contribution in [3.8, 4) is 0 Å². The monoisotopic (exact) mass is 264 g/mol. The summed E-state index contributed by atoms with van der Waals surface area (Å²) in [5, 5.41) is 0. The van der Waals surface area contributed by atoms with Crippen molar-refractivity contribution in [2.24, 2.45) is 0 Å². The van der Waals surface area contributed by atoms with Gasteiger partial charge in [-0.05, 0) is 49.4 Å². The van der Waals surface area contributed by atoms with Crippen LogP contribution in [0.2, 0.25) is 0 Å². The molecule has 0 aliphatic heterocycles. The lowest BCUT2D eigenvalue weighted by molar-refractivity contribution is 0.602. The summed E-state index contributed by atoms with van der Waals surface area (Å²) in [6.07, 6.45) is 0.251. The van der Waals surface area contributed by atoms with Crippen LogP contribution >= 0.6 is 10.7 Å². The molecule has 1 rings (SSSR count). The van der Waals surface area contributed by atoms with Crippen molar-refractivity contribution in [1.29, 1.82) is 0 Å². The summed E-state index contributed by atoms with van der Waals surface area (Å²) in [6.45, 7) is 5.19. The van der Waals surface area contributed by atoms with Crippen molar-refractivity contribution >= 4 is 19.7 Å². The Balaban J connectivity index is 3.10. The number of hydrogen-bond donors (Lipinski definition) is 0. The molecule has 0 N–H and O–H groups in total.